The third-order valence-corrected chi connectivity index (χ3v) is 4.32. The molecule has 118 valence electrons. The van der Waals surface area contributed by atoms with Gasteiger partial charge in [-0.2, -0.15) is 13.2 Å². The average molecular weight is 301 g/mol. The molecule has 1 aliphatic heterocycles. The first-order chi connectivity index (χ1) is 9.77. The summed E-state index contributed by atoms with van der Waals surface area (Å²) in [6.07, 6.45) is -4.15. The molecule has 1 fully saturated rings. The second-order valence-electron chi connectivity index (χ2n) is 6.00. The fraction of sp³-hybridized carbons (Fsp3) is 0.625. The second kappa shape index (κ2) is 6.36. The van der Waals surface area contributed by atoms with Gasteiger partial charge in [-0.3, -0.25) is 4.90 Å². The Kier molecular flexibility index (Phi) is 4.94. The first-order valence-electron chi connectivity index (χ1n) is 7.31. The van der Waals surface area contributed by atoms with Crippen LogP contribution in [-0.2, 0) is 0 Å². The van der Waals surface area contributed by atoms with Crippen molar-refractivity contribution in [3.63, 3.8) is 0 Å². The Hall–Kier alpha value is -1.07. The fourth-order valence-corrected chi connectivity index (χ4v) is 2.81. The van der Waals surface area contributed by atoms with Crippen molar-refractivity contribution in [3.05, 3.63) is 34.9 Å². The minimum absolute atomic E-state index is 0.00853. The van der Waals surface area contributed by atoms with Gasteiger partial charge in [0.05, 0.1) is 12.0 Å². The largest absolute Gasteiger partial charge is 0.393 e. The van der Waals surface area contributed by atoms with E-state index in [0.29, 0.717) is 13.0 Å². The molecule has 21 heavy (non-hydrogen) atoms. The number of aryl methyl sites for hydroxylation is 2. The minimum Gasteiger partial charge on any atom is -0.387 e. The standard InChI is InChI=1S/C16H22F3NO/c1-11-5-6-13(8-12(11)2)15(21)10-20-7-3-4-14(9-20)16(17,18)19/h5-6,8,14-15,21H,3-4,7,9-10H2,1-2H3. The second-order valence-corrected chi connectivity index (χ2v) is 6.00. The predicted molar refractivity (Wildman–Crippen MR) is 76.1 cm³/mol. The van der Waals surface area contributed by atoms with E-state index in [0.717, 1.165) is 16.7 Å². The first kappa shape index (κ1) is 16.3. The summed E-state index contributed by atoms with van der Waals surface area (Å²) in [4.78, 5) is 1.72. The number of alkyl halides is 3. The lowest BCUT2D eigenvalue weighted by Gasteiger charge is -2.34. The molecule has 1 saturated heterocycles. The molecule has 0 amide bonds. The number of hydrogen-bond donors (Lipinski definition) is 1. The summed E-state index contributed by atoms with van der Waals surface area (Å²) < 4.78 is 38.3. The molecule has 0 spiro atoms. The Morgan fingerprint density at radius 1 is 1.29 bits per heavy atom. The summed E-state index contributed by atoms with van der Waals surface area (Å²) in [7, 11) is 0. The Bertz CT molecular complexity index is 487. The summed E-state index contributed by atoms with van der Waals surface area (Å²) >= 11 is 0. The van der Waals surface area contributed by atoms with Crippen LogP contribution >= 0.6 is 0 Å². The number of β-amino-alcohol motifs (C(OH)–C–C–N with tert-alkyl or cyclic N) is 1. The van der Waals surface area contributed by atoms with E-state index in [1.165, 1.54) is 0 Å². The van der Waals surface area contributed by atoms with Crippen LogP contribution < -0.4 is 0 Å². The van der Waals surface area contributed by atoms with Crippen LogP contribution in [0.25, 0.3) is 0 Å². The number of hydrogen-bond acceptors (Lipinski definition) is 2. The molecule has 1 heterocycles. The van der Waals surface area contributed by atoms with Crippen LogP contribution in [0.2, 0.25) is 0 Å². The Morgan fingerprint density at radius 2 is 2.00 bits per heavy atom. The van der Waals surface area contributed by atoms with Crippen LogP contribution in [0.15, 0.2) is 18.2 Å². The normalized spacial score (nSPS) is 22.3. The van der Waals surface area contributed by atoms with E-state index in [4.69, 9.17) is 0 Å². The zero-order chi connectivity index (χ0) is 15.6. The van der Waals surface area contributed by atoms with Gasteiger partial charge in [0, 0.05) is 13.1 Å². The lowest BCUT2D eigenvalue weighted by atomic mass is 9.96. The van der Waals surface area contributed by atoms with E-state index in [9.17, 15) is 18.3 Å². The highest BCUT2D eigenvalue weighted by Crippen LogP contribution is 2.33. The van der Waals surface area contributed by atoms with Crippen LogP contribution in [-0.4, -0.2) is 35.8 Å². The summed E-state index contributed by atoms with van der Waals surface area (Å²) in [6, 6.07) is 5.69. The van der Waals surface area contributed by atoms with Crippen molar-refractivity contribution in [3.8, 4) is 0 Å². The van der Waals surface area contributed by atoms with Gasteiger partial charge in [-0.1, -0.05) is 18.2 Å². The van der Waals surface area contributed by atoms with Gasteiger partial charge in [-0.05, 0) is 49.9 Å². The molecular weight excluding hydrogens is 279 g/mol. The van der Waals surface area contributed by atoms with E-state index in [2.05, 4.69) is 0 Å². The van der Waals surface area contributed by atoms with Crippen LogP contribution in [0.4, 0.5) is 13.2 Å². The highest BCUT2D eigenvalue weighted by atomic mass is 19.4. The summed E-state index contributed by atoms with van der Waals surface area (Å²) in [5.41, 5.74) is 2.99. The van der Waals surface area contributed by atoms with Crippen molar-refractivity contribution < 1.29 is 18.3 Å². The third-order valence-electron chi connectivity index (χ3n) is 4.32. The molecule has 2 nitrogen and oxygen atoms in total. The summed E-state index contributed by atoms with van der Waals surface area (Å²) in [5, 5.41) is 10.3. The maximum Gasteiger partial charge on any atom is 0.393 e. The maximum absolute atomic E-state index is 12.8. The van der Waals surface area contributed by atoms with E-state index in [1.807, 2.05) is 32.0 Å². The Morgan fingerprint density at radius 3 is 2.62 bits per heavy atom. The minimum atomic E-state index is -4.13. The van der Waals surface area contributed by atoms with Gasteiger partial charge in [0.1, 0.15) is 0 Å². The number of benzene rings is 1. The smallest absolute Gasteiger partial charge is 0.387 e. The molecule has 1 aromatic carbocycles. The van der Waals surface area contributed by atoms with Crippen LogP contribution in [0.5, 0.6) is 0 Å². The molecule has 0 bridgehead atoms. The van der Waals surface area contributed by atoms with Crippen LogP contribution in [0, 0.1) is 19.8 Å². The van der Waals surface area contributed by atoms with Gasteiger partial charge in [0.15, 0.2) is 0 Å². The monoisotopic (exact) mass is 301 g/mol. The van der Waals surface area contributed by atoms with E-state index in [-0.39, 0.29) is 19.5 Å². The van der Waals surface area contributed by atoms with Gasteiger partial charge >= 0.3 is 6.18 Å². The number of rotatable bonds is 3. The molecule has 1 aromatic rings. The summed E-state index contributed by atoms with van der Waals surface area (Å²) in [5.74, 6) is -1.27. The zero-order valence-electron chi connectivity index (χ0n) is 12.5. The van der Waals surface area contributed by atoms with Crippen molar-refractivity contribution >= 4 is 0 Å². The number of halogens is 3. The lowest BCUT2D eigenvalue weighted by Crippen LogP contribution is -2.43. The highest BCUT2D eigenvalue weighted by molar-refractivity contribution is 5.31. The van der Waals surface area contributed by atoms with Crippen molar-refractivity contribution in [2.75, 3.05) is 19.6 Å². The zero-order valence-corrected chi connectivity index (χ0v) is 12.5. The molecule has 0 aromatic heterocycles. The SMILES string of the molecule is Cc1ccc(C(O)CN2CCCC(C(F)(F)F)C2)cc1C. The van der Waals surface area contributed by atoms with Crippen molar-refractivity contribution in [1.82, 2.24) is 4.90 Å². The molecule has 0 aliphatic carbocycles. The Labute approximate surface area is 123 Å². The highest BCUT2D eigenvalue weighted by Gasteiger charge is 2.41. The first-order valence-corrected chi connectivity index (χ1v) is 7.31. The van der Waals surface area contributed by atoms with Gasteiger partial charge in [-0.25, -0.2) is 0 Å². The van der Waals surface area contributed by atoms with Crippen molar-refractivity contribution in [2.45, 2.75) is 39.0 Å². The molecular formula is C16H22F3NO. The van der Waals surface area contributed by atoms with Crippen LogP contribution in [0.3, 0.4) is 0 Å². The van der Waals surface area contributed by atoms with E-state index < -0.39 is 18.2 Å². The van der Waals surface area contributed by atoms with Gasteiger partial charge in [0.25, 0.3) is 0 Å². The number of nitrogens with zero attached hydrogens (tertiary/aromatic N) is 1. The molecule has 2 unspecified atom stereocenters. The molecule has 2 atom stereocenters. The predicted octanol–water partition coefficient (Wildman–Crippen LogP) is 3.61. The van der Waals surface area contributed by atoms with Crippen molar-refractivity contribution in [2.24, 2.45) is 5.92 Å². The molecule has 0 saturated carbocycles. The maximum atomic E-state index is 12.8. The van der Waals surface area contributed by atoms with E-state index in [1.54, 1.807) is 4.90 Å². The number of aliphatic hydroxyl groups excluding tert-OH is 1. The number of piperidine rings is 1. The van der Waals surface area contributed by atoms with Gasteiger partial charge in [0.2, 0.25) is 0 Å². The quantitative estimate of drug-likeness (QED) is 0.922. The Balaban J connectivity index is 1.98. The average Bonchev–Trinajstić information content (AvgIpc) is 2.41. The summed E-state index contributed by atoms with van der Waals surface area (Å²) in [6.45, 7) is 4.82. The van der Waals surface area contributed by atoms with E-state index >= 15 is 0 Å². The van der Waals surface area contributed by atoms with Gasteiger partial charge in [-0.15, -0.1) is 0 Å². The van der Waals surface area contributed by atoms with Gasteiger partial charge < -0.3 is 5.11 Å². The molecule has 1 N–H and O–H groups in total. The molecule has 1 aliphatic rings. The fourth-order valence-electron chi connectivity index (χ4n) is 2.81. The topological polar surface area (TPSA) is 23.5 Å². The molecule has 0 radical (unpaired) electrons. The molecule has 2 rings (SSSR count). The lowest BCUT2D eigenvalue weighted by molar-refractivity contribution is -0.187. The number of likely N-dealkylation sites (tertiary alicyclic amines) is 1. The molecule has 5 heteroatoms. The third kappa shape index (κ3) is 4.20. The number of aliphatic hydroxyl groups is 1. The van der Waals surface area contributed by atoms with Crippen molar-refractivity contribution in [1.29, 1.82) is 0 Å². The van der Waals surface area contributed by atoms with Crippen LogP contribution in [0.1, 0.15) is 35.6 Å².